The van der Waals surface area contributed by atoms with E-state index in [1.165, 1.54) is 11.3 Å². The van der Waals surface area contributed by atoms with Crippen LogP contribution >= 0.6 is 11.6 Å². The summed E-state index contributed by atoms with van der Waals surface area (Å²) in [6, 6.07) is 20.6. The summed E-state index contributed by atoms with van der Waals surface area (Å²) >= 11 is 6.13. The molecule has 41 heavy (non-hydrogen) atoms. The lowest BCUT2D eigenvalue weighted by Gasteiger charge is -2.38. The van der Waals surface area contributed by atoms with Gasteiger partial charge in [-0.1, -0.05) is 35.9 Å². The van der Waals surface area contributed by atoms with E-state index >= 15 is 0 Å². The third-order valence-electron chi connectivity index (χ3n) is 7.73. The van der Waals surface area contributed by atoms with Crippen molar-refractivity contribution in [3.63, 3.8) is 0 Å². The summed E-state index contributed by atoms with van der Waals surface area (Å²) in [5.41, 5.74) is 4.84. The smallest absolute Gasteiger partial charge is 0.255 e. The third-order valence-corrected chi connectivity index (χ3v) is 7.97. The molecule has 2 aliphatic rings. The van der Waals surface area contributed by atoms with E-state index in [9.17, 15) is 14.4 Å². The van der Waals surface area contributed by atoms with E-state index in [0.29, 0.717) is 47.8 Å². The fourth-order valence-corrected chi connectivity index (χ4v) is 5.69. The van der Waals surface area contributed by atoms with Crippen LogP contribution in [-0.4, -0.2) is 68.4 Å². The number of carbonyl (C=O) groups is 3. The van der Waals surface area contributed by atoms with E-state index in [1.807, 2.05) is 11.0 Å². The molecule has 2 heterocycles. The van der Waals surface area contributed by atoms with Gasteiger partial charge in [-0.15, -0.1) is 0 Å². The van der Waals surface area contributed by atoms with Crippen LogP contribution in [0.3, 0.4) is 0 Å². The van der Waals surface area contributed by atoms with Crippen LogP contribution in [0.1, 0.15) is 45.5 Å². The van der Waals surface area contributed by atoms with Crippen LogP contribution in [0.25, 0.3) is 0 Å². The van der Waals surface area contributed by atoms with Crippen molar-refractivity contribution in [3.05, 3.63) is 88.4 Å². The largest absolute Gasteiger partial charge is 0.368 e. The molecule has 0 aliphatic carbocycles. The molecule has 0 bridgehead atoms. The van der Waals surface area contributed by atoms with Crippen molar-refractivity contribution in [1.82, 2.24) is 10.2 Å². The van der Waals surface area contributed by atoms with Crippen LogP contribution in [0.15, 0.2) is 66.7 Å². The first kappa shape index (κ1) is 28.5. The number of nitrogens with one attached hydrogen (secondary N) is 2. The maximum atomic E-state index is 13.2. The molecule has 2 saturated heterocycles. The highest BCUT2D eigenvalue weighted by molar-refractivity contribution is 6.31. The summed E-state index contributed by atoms with van der Waals surface area (Å²) in [4.78, 5) is 44.5. The Hall–Kier alpha value is -4.04. The third kappa shape index (κ3) is 7.00. The molecule has 2 aliphatic heterocycles. The minimum absolute atomic E-state index is 0.187. The molecule has 0 saturated carbocycles. The quantitative estimate of drug-likeness (QED) is 0.353. The number of halogens is 1. The predicted molar refractivity (Wildman–Crippen MR) is 164 cm³/mol. The van der Waals surface area contributed by atoms with Gasteiger partial charge in [-0.2, -0.15) is 0 Å². The Morgan fingerprint density at radius 1 is 0.829 bits per heavy atom. The van der Waals surface area contributed by atoms with Crippen molar-refractivity contribution in [1.29, 1.82) is 0 Å². The Morgan fingerprint density at radius 2 is 1.56 bits per heavy atom. The van der Waals surface area contributed by atoms with Gasteiger partial charge in [0.15, 0.2) is 0 Å². The highest BCUT2D eigenvalue weighted by atomic mass is 35.5. The zero-order chi connectivity index (χ0) is 28.8. The molecule has 3 aromatic rings. The number of hydrogen-bond donors (Lipinski definition) is 2. The summed E-state index contributed by atoms with van der Waals surface area (Å²) < 4.78 is 0. The van der Waals surface area contributed by atoms with Gasteiger partial charge in [-0.3, -0.25) is 14.4 Å². The average Bonchev–Trinajstić information content (AvgIpc) is 3.40. The molecular weight excluding hydrogens is 538 g/mol. The number of amides is 3. The molecular formula is C32H36ClN5O3. The Morgan fingerprint density at radius 3 is 2.27 bits per heavy atom. The lowest BCUT2D eigenvalue weighted by atomic mass is 10.1. The molecule has 0 aromatic heterocycles. The van der Waals surface area contributed by atoms with Gasteiger partial charge in [0.25, 0.3) is 11.8 Å². The molecule has 0 spiro atoms. The summed E-state index contributed by atoms with van der Waals surface area (Å²) in [5, 5.41) is 6.47. The van der Waals surface area contributed by atoms with E-state index in [0.717, 1.165) is 44.8 Å². The average molecular weight is 574 g/mol. The second-order valence-corrected chi connectivity index (χ2v) is 11.0. The van der Waals surface area contributed by atoms with Crippen LogP contribution in [0.5, 0.6) is 0 Å². The molecule has 9 heteroatoms. The maximum Gasteiger partial charge on any atom is 0.255 e. The molecule has 8 nitrogen and oxygen atoms in total. The van der Waals surface area contributed by atoms with E-state index < -0.39 is 0 Å². The van der Waals surface area contributed by atoms with Gasteiger partial charge in [0, 0.05) is 74.1 Å². The number of carbonyl (C=O) groups excluding carboxylic acids is 3. The summed E-state index contributed by atoms with van der Waals surface area (Å²) in [5.74, 6) is -0.321. The van der Waals surface area contributed by atoms with Crippen molar-refractivity contribution in [2.75, 3.05) is 60.9 Å². The second-order valence-electron chi connectivity index (χ2n) is 10.6. The minimum atomic E-state index is -0.292. The van der Waals surface area contributed by atoms with Gasteiger partial charge < -0.3 is 25.3 Å². The number of anilines is 3. The molecule has 5 rings (SSSR count). The second kappa shape index (κ2) is 13.1. The fourth-order valence-electron chi connectivity index (χ4n) is 5.50. The maximum absolute atomic E-state index is 13.2. The molecule has 3 aromatic carbocycles. The summed E-state index contributed by atoms with van der Waals surface area (Å²) in [6.45, 7) is 7.26. The van der Waals surface area contributed by atoms with Crippen molar-refractivity contribution in [3.8, 4) is 0 Å². The fraction of sp³-hybridized carbons (Fsp3) is 0.344. The number of para-hydroxylation sites is 1. The minimum Gasteiger partial charge on any atom is -0.368 e. The number of rotatable bonds is 9. The predicted octanol–water partition coefficient (Wildman–Crippen LogP) is 4.97. The van der Waals surface area contributed by atoms with E-state index in [2.05, 4.69) is 51.6 Å². The van der Waals surface area contributed by atoms with E-state index in [-0.39, 0.29) is 17.7 Å². The standard InChI is InChI=1S/C32H36ClN5O3/c1-23-7-2-3-10-28(23)36-17-19-37(20-18-36)29-13-12-25(31(40)34-14-6-16-38-15-5-11-30(38)39)22-27(29)35-32(41)24-8-4-9-26(33)21-24/h2-4,7-10,12-13,21-22H,5-6,11,14-20H2,1H3,(H,34,40)(H,35,41). The van der Waals surface area contributed by atoms with Gasteiger partial charge in [-0.05, 0) is 67.8 Å². The van der Waals surface area contributed by atoms with Crippen LogP contribution < -0.4 is 20.4 Å². The van der Waals surface area contributed by atoms with Crippen molar-refractivity contribution >= 4 is 46.4 Å². The number of nitrogens with zero attached hydrogens (tertiary/aromatic N) is 3. The van der Waals surface area contributed by atoms with E-state index in [1.54, 1.807) is 36.4 Å². The number of hydrogen-bond acceptors (Lipinski definition) is 5. The number of likely N-dealkylation sites (tertiary alicyclic amines) is 1. The van der Waals surface area contributed by atoms with E-state index in [4.69, 9.17) is 11.6 Å². The first-order valence-corrected chi connectivity index (χ1v) is 14.6. The zero-order valence-electron chi connectivity index (χ0n) is 23.4. The van der Waals surface area contributed by atoms with Gasteiger partial charge in [-0.25, -0.2) is 0 Å². The first-order valence-electron chi connectivity index (χ1n) is 14.2. The van der Waals surface area contributed by atoms with Crippen LogP contribution in [-0.2, 0) is 4.79 Å². The molecule has 2 fully saturated rings. The van der Waals surface area contributed by atoms with Crippen molar-refractivity contribution < 1.29 is 14.4 Å². The van der Waals surface area contributed by atoms with Crippen LogP contribution in [0.4, 0.5) is 17.1 Å². The van der Waals surface area contributed by atoms with Crippen molar-refractivity contribution in [2.24, 2.45) is 0 Å². The highest BCUT2D eigenvalue weighted by Gasteiger charge is 2.23. The van der Waals surface area contributed by atoms with Gasteiger partial charge in [0.05, 0.1) is 11.4 Å². The summed E-state index contributed by atoms with van der Waals surface area (Å²) in [6.07, 6.45) is 2.21. The Bertz CT molecular complexity index is 1420. The van der Waals surface area contributed by atoms with Gasteiger partial charge in [0.1, 0.15) is 0 Å². The van der Waals surface area contributed by atoms with Crippen LogP contribution in [0, 0.1) is 6.92 Å². The molecule has 0 atom stereocenters. The SMILES string of the molecule is Cc1ccccc1N1CCN(c2ccc(C(=O)NCCCN3CCCC3=O)cc2NC(=O)c2cccc(Cl)c2)CC1. The Labute approximate surface area is 246 Å². The molecule has 214 valence electrons. The van der Waals surface area contributed by atoms with Gasteiger partial charge in [0.2, 0.25) is 5.91 Å². The highest BCUT2D eigenvalue weighted by Crippen LogP contribution is 2.30. The molecule has 3 amide bonds. The van der Waals surface area contributed by atoms with Crippen molar-refractivity contribution in [2.45, 2.75) is 26.2 Å². The molecule has 0 unspecified atom stereocenters. The first-order chi connectivity index (χ1) is 19.9. The number of aryl methyl sites for hydroxylation is 1. The van der Waals surface area contributed by atoms with Crippen LogP contribution in [0.2, 0.25) is 5.02 Å². The Balaban J connectivity index is 1.29. The topological polar surface area (TPSA) is 85.0 Å². The zero-order valence-corrected chi connectivity index (χ0v) is 24.1. The number of benzene rings is 3. The monoisotopic (exact) mass is 573 g/mol. The Kier molecular flexibility index (Phi) is 9.09. The number of piperazine rings is 1. The molecule has 0 radical (unpaired) electrons. The normalized spacial score (nSPS) is 15.3. The lowest BCUT2D eigenvalue weighted by molar-refractivity contribution is -0.127. The lowest BCUT2D eigenvalue weighted by Crippen LogP contribution is -2.47. The molecule has 2 N–H and O–H groups in total. The van der Waals surface area contributed by atoms with Gasteiger partial charge >= 0.3 is 0 Å². The summed E-state index contributed by atoms with van der Waals surface area (Å²) in [7, 11) is 0.